The fraction of sp³-hybridized carbons (Fsp3) is 0.278. The van der Waals surface area contributed by atoms with E-state index in [1.54, 1.807) is 35.6 Å². The van der Waals surface area contributed by atoms with E-state index in [0.29, 0.717) is 27.9 Å². The Labute approximate surface area is 176 Å². The highest BCUT2D eigenvalue weighted by atomic mass is 35.5. The molecule has 1 aromatic heterocycles. The van der Waals surface area contributed by atoms with Gasteiger partial charge in [-0.3, -0.25) is 0 Å². The van der Waals surface area contributed by atoms with Crippen LogP contribution in [-0.4, -0.2) is 32.5 Å². The molecule has 3 rings (SSSR count). The predicted octanol–water partition coefficient (Wildman–Crippen LogP) is 4.12. The molecule has 2 aromatic carbocycles. The van der Waals surface area contributed by atoms with Crippen LogP contribution < -0.4 is 10.1 Å². The summed E-state index contributed by atoms with van der Waals surface area (Å²) in [5.41, 5.74) is 1.64. The number of nitrogens with zero attached hydrogens (tertiary/aromatic N) is 4. The van der Waals surface area contributed by atoms with E-state index in [-0.39, 0.29) is 12.4 Å². The molecule has 0 spiro atoms. The zero-order chi connectivity index (χ0) is 19.9. The molecule has 0 unspecified atom stereocenters. The maximum Gasteiger partial charge on any atom is 0.209 e. The molecule has 3 aromatic rings. The van der Waals surface area contributed by atoms with Crippen molar-refractivity contribution in [2.45, 2.75) is 18.3 Å². The zero-order valence-electron chi connectivity index (χ0n) is 15.0. The molecule has 0 atom stereocenters. The van der Waals surface area contributed by atoms with Gasteiger partial charge in [-0.05, 0) is 40.8 Å². The van der Waals surface area contributed by atoms with E-state index in [2.05, 4.69) is 20.8 Å². The van der Waals surface area contributed by atoms with Gasteiger partial charge in [0.15, 0.2) is 0 Å². The largest absolute Gasteiger partial charge is 0.489 e. The molecular weight excluding hydrogens is 424 g/mol. The molecule has 148 valence electrons. The van der Waals surface area contributed by atoms with Gasteiger partial charge in [0.05, 0.1) is 5.02 Å². The molecule has 0 fully saturated rings. The number of tetrazole rings is 1. The SMILES string of the molecule is Cn1nnnc1SCCNCc1cc(Cl)ccc1OCc1ccc(F)cc1Cl. The lowest BCUT2D eigenvalue weighted by Crippen LogP contribution is -2.17. The minimum Gasteiger partial charge on any atom is -0.489 e. The van der Waals surface area contributed by atoms with Crippen LogP contribution >= 0.6 is 35.0 Å². The van der Waals surface area contributed by atoms with Crippen LogP contribution in [0.15, 0.2) is 41.6 Å². The van der Waals surface area contributed by atoms with Crippen LogP contribution in [0.4, 0.5) is 4.39 Å². The number of rotatable bonds is 9. The van der Waals surface area contributed by atoms with E-state index in [4.69, 9.17) is 27.9 Å². The van der Waals surface area contributed by atoms with Gasteiger partial charge in [0.25, 0.3) is 0 Å². The number of hydrogen-bond donors (Lipinski definition) is 1. The summed E-state index contributed by atoms with van der Waals surface area (Å²) in [6, 6.07) is 9.69. The summed E-state index contributed by atoms with van der Waals surface area (Å²) in [4.78, 5) is 0. The molecule has 1 N–H and O–H groups in total. The second-order valence-corrected chi connectivity index (χ2v) is 7.79. The number of thioether (sulfide) groups is 1. The zero-order valence-corrected chi connectivity index (χ0v) is 17.4. The summed E-state index contributed by atoms with van der Waals surface area (Å²) in [7, 11) is 1.80. The molecule has 10 heteroatoms. The first-order valence-corrected chi connectivity index (χ1v) is 10.2. The first kappa shape index (κ1) is 20.9. The molecule has 0 bridgehead atoms. The molecule has 0 radical (unpaired) electrons. The fourth-order valence-electron chi connectivity index (χ4n) is 2.40. The van der Waals surface area contributed by atoms with Gasteiger partial charge in [-0.15, -0.1) is 5.10 Å². The van der Waals surface area contributed by atoms with Crippen LogP contribution in [0, 0.1) is 5.82 Å². The third-order valence-corrected chi connectivity index (χ3v) is 5.43. The summed E-state index contributed by atoms with van der Waals surface area (Å²) in [6.45, 7) is 1.58. The highest BCUT2D eigenvalue weighted by Gasteiger charge is 2.08. The number of benzene rings is 2. The Morgan fingerprint density at radius 1 is 1.18 bits per heavy atom. The summed E-state index contributed by atoms with van der Waals surface area (Å²) in [6.07, 6.45) is 0. The van der Waals surface area contributed by atoms with Gasteiger partial charge in [0.1, 0.15) is 18.2 Å². The molecule has 6 nitrogen and oxygen atoms in total. The molecule has 0 aliphatic rings. The van der Waals surface area contributed by atoms with E-state index in [0.717, 1.165) is 23.0 Å². The average Bonchev–Trinajstić information content (AvgIpc) is 3.07. The van der Waals surface area contributed by atoms with Crippen molar-refractivity contribution in [1.82, 2.24) is 25.5 Å². The van der Waals surface area contributed by atoms with Gasteiger partial charge in [0.2, 0.25) is 5.16 Å². The van der Waals surface area contributed by atoms with Crippen LogP contribution in [0.5, 0.6) is 5.75 Å². The second-order valence-electron chi connectivity index (χ2n) is 5.89. The van der Waals surface area contributed by atoms with Gasteiger partial charge >= 0.3 is 0 Å². The number of aryl methyl sites for hydroxylation is 1. The maximum atomic E-state index is 13.2. The van der Waals surface area contributed by atoms with Crippen molar-refractivity contribution >= 4 is 35.0 Å². The first-order chi connectivity index (χ1) is 13.5. The highest BCUT2D eigenvalue weighted by Crippen LogP contribution is 2.25. The van der Waals surface area contributed by atoms with Crippen LogP contribution in [0.25, 0.3) is 0 Å². The molecule has 28 heavy (non-hydrogen) atoms. The normalized spacial score (nSPS) is 11.0. The minimum absolute atomic E-state index is 0.239. The Hall–Kier alpha value is -1.87. The van der Waals surface area contributed by atoms with Gasteiger partial charge in [-0.2, -0.15) is 0 Å². The summed E-state index contributed by atoms with van der Waals surface area (Å²) < 4.78 is 20.7. The highest BCUT2D eigenvalue weighted by molar-refractivity contribution is 7.99. The quantitative estimate of drug-likeness (QED) is 0.398. The van der Waals surface area contributed by atoms with Crippen LogP contribution in [-0.2, 0) is 20.2 Å². The lowest BCUT2D eigenvalue weighted by molar-refractivity contribution is 0.302. The van der Waals surface area contributed by atoms with Gasteiger partial charge in [0, 0.05) is 42.0 Å². The van der Waals surface area contributed by atoms with Crippen molar-refractivity contribution in [3.05, 3.63) is 63.4 Å². The number of nitrogens with one attached hydrogen (secondary N) is 1. The second kappa shape index (κ2) is 10.1. The van der Waals surface area contributed by atoms with Crippen molar-refractivity contribution in [1.29, 1.82) is 0 Å². The smallest absolute Gasteiger partial charge is 0.209 e. The van der Waals surface area contributed by atoms with Crippen molar-refractivity contribution in [3.8, 4) is 5.75 Å². The number of halogens is 3. The molecule has 0 saturated heterocycles. The molecular formula is C18H18Cl2FN5OS. The van der Waals surface area contributed by atoms with Crippen molar-refractivity contribution in [3.63, 3.8) is 0 Å². The van der Waals surface area contributed by atoms with Gasteiger partial charge in [-0.25, -0.2) is 9.07 Å². The lowest BCUT2D eigenvalue weighted by Gasteiger charge is -2.13. The Morgan fingerprint density at radius 3 is 2.79 bits per heavy atom. The average molecular weight is 442 g/mol. The first-order valence-electron chi connectivity index (χ1n) is 8.44. The Morgan fingerprint density at radius 2 is 2.04 bits per heavy atom. The van der Waals surface area contributed by atoms with Crippen LogP contribution in [0.1, 0.15) is 11.1 Å². The third-order valence-electron chi connectivity index (χ3n) is 3.83. The maximum absolute atomic E-state index is 13.2. The van der Waals surface area contributed by atoms with Crippen LogP contribution in [0.3, 0.4) is 0 Å². The molecule has 1 heterocycles. The van der Waals surface area contributed by atoms with Crippen molar-refractivity contribution in [2.24, 2.45) is 7.05 Å². The minimum atomic E-state index is -0.375. The van der Waals surface area contributed by atoms with E-state index in [9.17, 15) is 4.39 Å². The lowest BCUT2D eigenvalue weighted by atomic mass is 10.2. The van der Waals surface area contributed by atoms with E-state index >= 15 is 0 Å². The topological polar surface area (TPSA) is 64.9 Å². The van der Waals surface area contributed by atoms with Crippen molar-refractivity contribution in [2.75, 3.05) is 12.3 Å². The Kier molecular flexibility index (Phi) is 7.50. The van der Waals surface area contributed by atoms with Gasteiger partial charge in [-0.1, -0.05) is 41.0 Å². The predicted molar refractivity (Wildman–Crippen MR) is 108 cm³/mol. The molecule has 0 aliphatic heterocycles. The summed E-state index contributed by atoms with van der Waals surface area (Å²) >= 11 is 13.8. The number of ether oxygens (including phenoxy) is 1. The van der Waals surface area contributed by atoms with E-state index in [1.165, 1.54) is 12.1 Å². The Balaban J connectivity index is 1.54. The summed E-state index contributed by atoms with van der Waals surface area (Å²) in [5.74, 6) is 1.14. The standard InChI is InChI=1S/C18H18Cl2FN5OS/c1-26-18(23-24-25-26)28-7-6-22-10-13-8-14(19)3-5-17(13)27-11-12-2-4-15(21)9-16(12)20/h2-5,8-9,22H,6-7,10-11H2,1H3. The fourth-order valence-corrected chi connectivity index (χ4v) is 3.57. The van der Waals surface area contributed by atoms with Crippen LogP contribution in [0.2, 0.25) is 10.0 Å². The number of aromatic nitrogens is 4. The third kappa shape index (κ3) is 5.81. The van der Waals surface area contributed by atoms with E-state index in [1.807, 2.05) is 12.1 Å². The van der Waals surface area contributed by atoms with E-state index < -0.39 is 0 Å². The van der Waals surface area contributed by atoms with Gasteiger partial charge < -0.3 is 10.1 Å². The number of hydrogen-bond acceptors (Lipinski definition) is 6. The monoisotopic (exact) mass is 441 g/mol. The Bertz CT molecular complexity index is 940. The molecule has 0 amide bonds. The molecule has 0 saturated carbocycles. The summed E-state index contributed by atoms with van der Waals surface area (Å²) in [5, 5.41) is 16.4. The van der Waals surface area contributed by atoms with Crippen molar-refractivity contribution < 1.29 is 9.13 Å². The molecule has 0 aliphatic carbocycles.